The molecule has 33 heavy (non-hydrogen) atoms. The van der Waals surface area contributed by atoms with Gasteiger partial charge in [0.2, 0.25) is 5.91 Å². The lowest BCUT2D eigenvalue weighted by Crippen LogP contribution is -2.48. The molecule has 0 bridgehead atoms. The van der Waals surface area contributed by atoms with Crippen LogP contribution in [0, 0.1) is 5.41 Å². The Bertz CT molecular complexity index is 966. The van der Waals surface area contributed by atoms with E-state index in [1.165, 1.54) is 6.42 Å². The Morgan fingerprint density at radius 3 is 2.21 bits per heavy atom. The number of likely N-dealkylation sites (tertiary alicyclic amines) is 2. The van der Waals surface area contributed by atoms with E-state index < -0.39 is 0 Å². The van der Waals surface area contributed by atoms with Gasteiger partial charge in [0.25, 0.3) is 5.91 Å². The average Bonchev–Trinajstić information content (AvgIpc) is 2.84. The fourth-order valence-electron chi connectivity index (χ4n) is 4.70. The maximum Gasteiger partial charge on any atom is 0.253 e. The van der Waals surface area contributed by atoms with E-state index in [9.17, 15) is 9.59 Å². The van der Waals surface area contributed by atoms with Crippen LogP contribution in [-0.4, -0.2) is 54.4 Å². The molecule has 0 radical (unpaired) electrons. The minimum Gasteiger partial charge on any atom is -0.493 e. The lowest BCUT2D eigenvalue weighted by molar-refractivity contribution is -0.136. The highest BCUT2D eigenvalue weighted by atomic mass is 35.5. The summed E-state index contributed by atoms with van der Waals surface area (Å²) in [6.07, 6.45) is 5.21. The van der Waals surface area contributed by atoms with Gasteiger partial charge in [-0.1, -0.05) is 29.3 Å². The molecule has 0 N–H and O–H groups in total. The molecule has 0 atom stereocenters. The Morgan fingerprint density at radius 2 is 1.55 bits per heavy atom. The summed E-state index contributed by atoms with van der Waals surface area (Å²) in [5.41, 5.74) is 0.288. The first kappa shape index (κ1) is 23.9. The second-order valence-electron chi connectivity index (χ2n) is 9.16. The van der Waals surface area contributed by atoms with Crippen LogP contribution in [0.3, 0.4) is 0 Å². The third-order valence-electron chi connectivity index (χ3n) is 6.78. The normalized spacial score (nSPS) is 18.1. The van der Waals surface area contributed by atoms with E-state index in [-0.39, 0.29) is 17.2 Å². The molecule has 5 nitrogen and oxygen atoms in total. The summed E-state index contributed by atoms with van der Waals surface area (Å²) in [5, 5.41) is 1.21. The van der Waals surface area contributed by atoms with E-state index in [0.717, 1.165) is 31.7 Å². The SMILES string of the molecule is O=C(CC1(COc2ccc(Cl)cc2)CCN(C(=O)c2cccc(Cl)c2)CC1)N1CCCCC1. The number of benzene rings is 2. The van der Waals surface area contributed by atoms with Crippen LogP contribution in [0.2, 0.25) is 10.0 Å². The van der Waals surface area contributed by atoms with Gasteiger partial charge in [0, 0.05) is 53.6 Å². The van der Waals surface area contributed by atoms with Crippen LogP contribution >= 0.6 is 23.2 Å². The van der Waals surface area contributed by atoms with Crippen molar-refractivity contribution >= 4 is 35.0 Å². The van der Waals surface area contributed by atoms with Crippen molar-refractivity contribution < 1.29 is 14.3 Å². The van der Waals surface area contributed by atoms with Gasteiger partial charge in [-0.2, -0.15) is 0 Å². The largest absolute Gasteiger partial charge is 0.493 e. The van der Waals surface area contributed by atoms with Crippen LogP contribution in [0.1, 0.15) is 48.9 Å². The van der Waals surface area contributed by atoms with Crippen molar-refractivity contribution in [1.29, 1.82) is 0 Å². The molecule has 176 valence electrons. The Morgan fingerprint density at radius 1 is 0.848 bits per heavy atom. The second-order valence-corrected chi connectivity index (χ2v) is 10.0. The molecule has 2 aliphatic heterocycles. The molecule has 2 aliphatic rings. The number of ether oxygens (including phenoxy) is 1. The molecule has 0 unspecified atom stereocenters. The fraction of sp³-hybridized carbons (Fsp3) is 0.462. The van der Waals surface area contributed by atoms with E-state index in [1.54, 1.807) is 36.4 Å². The van der Waals surface area contributed by atoms with E-state index in [4.69, 9.17) is 27.9 Å². The first-order chi connectivity index (χ1) is 15.9. The number of nitrogens with zero attached hydrogens (tertiary/aromatic N) is 2. The first-order valence-electron chi connectivity index (χ1n) is 11.7. The summed E-state index contributed by atoms with van der Waals surface area (Å²) in [7, 11) is 0. The monoisotopic (exact) mass is 488 g/mol. The molecule has 2 heterocycles. The summed E-state index contributed by atoms with van der Waals surface area (Å²) in [5.74, 6) is 0.915. The van der Waals surface area contributed by atoms with E-state index >= 15 is 0 Å². The highest BCUT2D eigenvalue weighted by Crippen LogP contribution is 2.37. The number of hydrogen-bond acceptors (Lipinski definition) is 3. The van der Waals surface area contributed by atoms with Gasteiger partial charge in [-0.15, -0.1) is 0 Å². The number of amides is 2. The van der Waals surface area contributed by atoms with Crippen LogP contribution in [0.5, 0.6) is 5.75 Å². The van der Waals surface area contributed by atoms with Gasteiger partial charge in [0.15, 0.2) is 0 Å². The van der Waals surface area contributed by atoms with Crippen molar-refractivity contribution in [2.24, 2.45) is 5.41 Å². The summed E-state index contributed by atoms with van der Waals surface area (Å²) in [6, 6.07) is 14.3. The number of carbonyl (C=O) groups is 2. The number of rotatable bonds is 6. The predicted molar refractivity (Wildman–Crippen MR) is 131 cm³/mol. The number of carbonyl (C=O) groups excluding carboxylic acids is 2. The third-order valence-corrected chi connectivity index (χ3v) is 7.26. The Kier molecular flexibility index (Phi) is 7.82. The van der Waals surface area contributed by atoms with Gasteiger partial charge < -0.3 is 14.5 Å². The number of halogens is 2. The Hall–Kier alpha value is -2.24. The molecule has 2 saturated heterocycles. The average molecular weight is 489 g/mol. The second kappa shape index (κ2) is 10.8. The minimum atomic E-state index is -0.306. The highest BCUT2D eigenvalue weighted by Gasteiger charge is 2.40. The molecule has 0 aromatic heterocycles. The minimum absolute atomic E-state index is 0.0212. The van der Waals surface area contributed by atoms with Gasteiger partial charge in [0.1, 0.15) is 5.75 Å². The van der Waals surface area contributed by atoms with E-state index in [1.807, 2.05) is 21.9 Å². The molecule has 2 fully saturated rings. The summed E-state index contributed by atoms with van der Waals surface area (Å²) < 4.78 is 6.14. The van der Waals surface area contributed by atoms with Crippen molar-refractivity contribution in [1.82, 2.24) is 9.80 Å². The molecule has 0 aliphatic carbocycles. The van der Waals surface area contributed by atoms with Crippen LogP contribution in [0.25, 0.3) is 0 Å². The van der Waals surface area contributed by atoms with Gasteiger partial charge in [-0.05, 0) is 74.6 Å². The fourth-order valence-corrected chi connectivity index (χ4v) is 5.02. The smallest absolute Gasteiger partial charge is 0.253 e. The molecule has 2 amide bonds. The first-order valence-corrected chi connectivity index (χ1v) is 12.4. The van der Waals surface area contributed by atoms with Crippen LogP contribution in [-0.2, 0) is 4.79 Å². The van der Waals surface area contributed by atoms with Crippen LogP contribution in [0.4, 0.5) is 0 Å². The zero-order valence-corrected chi connectivity index (χ0v) is 20.3. The predicted octanol–water partition coefficient (Wildman–Crippen LogP) is 5.70. The molecular weight excluding hydrogens is 459 g/mol. The number of hydrogen-bond donors (Lipinski definition) is 0. The van der Waals surface area contributed by atoms with Crippen molar-refractivity contribution in [3.8, 4) is 5.75 Å². The quantitative estimate of drug-likeness (QED) is 0.523. The highest BCUT2D eigenvalue weighted by molar-refractivity contribution is 6.31. The van der Waals surface area contributed by atoms with E-state index in [2.05, 4.69) is 0 Å². The zero-order valence-electron chi connectivity index (χ0n) is 18.8. The maximum absolute atomic E-state index is 13.2. The van der Waals surface area contributed by atoms with Gasteiger partial charge >= 0.3 is 0 Å². The van der Waals surface area contributed by atoms with Gasteiger partial charge in [0.05, 0.1) is 6.61 Å². The molecular formula is C26H30Cl2N2O3. The molecule has 4 rings (SSSR count). The third kappa shape index (κ3) is 6.21. The van der Waals surface area contributed by atoms with Crippen LogP contribution in [0.15, 0.2) is 48.5 Å². The molecule has 2 aromatic carbocycles. The van der Waals surface area contributed by atoms with Crippen molar-refractivity contribution in [2.45, 2.75) is 38.5 Å². The van der Waals surface area contributed by atoms with Gasteiger partial charge in [-0.3, -0.25) is 9.59 Å². The van der Waals surface area contributed by atoms with Crippen molar-refractivity contribution in [2.75, 3.05) is 32.8 Å². The van der Waals surface area contributed by atoms with Crippen molar-refractivity contribution in [3.63, 3.8) is 0 Å². The van der Waals surface area contributed by atoms with Crippen LogP contribution < -0.4 is 4.74 Å². The standard InChI is InChI=1S/C26H30Cl2N2O3/c27-21-7-9-23(10-8-21)33-19-26(18-24(31)29-13-2-1-3-14-29)11-15-30(16-12-26)25(32)20-5-4-6-22(28)17-20/h4-10,17H,1-3,11-16,18-19H2. The Balaban J connectivity index is 1.45. The summed E-state index contributed by atoms with van der Waals surface area (Å²) in [6.45, 7) is 3.29. The molecule has 0 saturated carbocycles. The topological polar surface area (TPSA) is 49.9 Å². The maximum atomic E-state index is 13.2. The summed E-state index contributed by atoms with van der Waals surface area (Å²) >= 11 is 12.1. The molecule has 7 heteroatoms. The zero-order chi connectivity index (χ0) is 23.3. The lowest BCUT2D eigenvalue weighted by atomic mass is 9.75. The summed E-state index contributed by atoms with van der Waals surface area (Å²) in [4.78, 5) is 30.0. The molecule has 0 spiro atoms. The molecule has 2 aromatic rings. The van der Waals surface area contributed by atoms with Gasteiger partial charge in [-0.25, -0.2) is 0 Å². The Labute approximate surface area is 205 Å². The van der Waals surface area contributed by atoms with Crippen molar-refractivity contribution in [3.05, 3.63) is 64.1 Å². The number of piperidine rings is 2. The lowest BCUT2D eigenvalue weighted by Gasteiger charge is -2.42. The van der Waals surface area contributed by atoms with E-state index in [0.29, 0.717) is 54.6 Å².